The summed E-state index contributed by atoms with van der Waals surface area (Å²) in [6.07, 6.45) is 4.46. The maximum atomic E-state index is 2.25. The number of thiophene rings is 1. The van der Waals surface area contributed by atoms with Crippen LogP contribution in [0.4, 0.5) is 0 Å². The molecule has 1 aromatic heterocycles. The molecule has 0 nitrogen and oxygen atoms in total. The topological polar surface area (TPSA) is 0 Å². The quantitative estimate of drug-likeness (QED) is 0.295. The summed E-state index contributed by atoms with van der Waals surface area (Å²) in [5, 5.41) is 5.27. The molecule has 0 bridgehead atoms. The van der Waals surface area contributed by atoms with Gasteiger partial charge in [-0.1, -0.05) is 78.9 Å². The van der Waals surface area contributed by atoms with E-state index in [1.165, 1.54) is 42.1 Å². The third-order valence-electron chi connectivity index (χ3n) is 4.66. The van der Waals surface area contributed by atoms with E-state index >= 15 is 0 Å². The Morgan fingerprint density at radius 1 is 0.600 bits per heavy atom. The molecule has 0 saturated heterocycles. The van der Waals surface area contributed by atoms with Crippen LogP contribution in [0.2, 0.25) is 0 Å². The van der Waals surface area contributed by atoms with Crippen LogP contribution >= 0.6 is 11.3 Å². The van der Waals surface area contributed by atoms with Gasteiger partial charge in [0.2, 0.25) is 0 Å². The first-order chi connectivity index (χ1) is 12.4. The molecule has 25 heavy (non-hydrogen) atoms. The third-order valence-corrected chi connectivity index (χ3v) is 5.80. The molecule has 0 amide bonds. The van der Waals surface area contributed by atoms with Crippen molar-refractivity contribution in [1.82, 2.24) is 0 Å². The van der Waals surface area contributed by atoms with Crippen molar-refractivity contribution in [2.24, 2.45) is 0 Å². The molecule has 0 aliphatic rings. The summed E-state index contributed by atoms with van der Waals surface area (Å²) in [5.74, 6) is 0. The molecule has 1 heteroatoms. The van der Waals surface area contributed by atoms with E-state index in [-0.39, 0.29) is 0 Å². The molecule has 0 aliphatic carbocycles. The van der Waals surface area contributed by atoms with Crippen LogP contribution in [0.5, 0.6) is 0 Å². The van der Waals surface area contributed by atoms with Crippen LogP contribution in [0.3, 0.4) is 0 Å². The van der Waals surface area contributed by atoms with Crippen LogP contribution in [0, 0.1) is 0 Å². The van der Waals surface area contributed by atoms with Crippen LogP contribution in [-0.4, -0.2) is 0 Å². The van der Waals surface area contributed by atoms with E-state index in [0.717, 1.165) is 0 Å². The lowest BCUT2D eigenvalue weighted by Crippen LogP contribution is -1.77. The van der Waals surface area contributed by atoms with Crippen LogP contribution in [0.1, 0.15) is 11.1 Å². The fourth-order valence-corrected chi connectivity index (χ4v) is 4.58. The van der Waals surface area contributed by atoms with Gasteiger partial charge in [-0.05, 0) is 40.1 Å². The zero-order valence-electron chi connectivity index (χ0n) is 13.6. The lowest BCUT2D eigenvalue weighted by atomic mass is 10.0. The van der Waals surface area contributed by atoms with Gasteiger partial charge in [0.05, 0.1) is 0 Å². The Hall–Kier alpha value is -2.90. The summed E-state index contributed by atoms with van der Waals surface area (Å²) in [6.45, 7) is 0. The fraction of sp³-hybridized carbons (Fsp3) is 0. The molecule has 118 valence electrons. The largest absolute Gasteiger partial charge is 0.135 e. The maximum absolute atomic E-state index is 2.25. The first kappa shape index (κ1) is 14.4. The Balaban J connectivity index is 1.64. The minimum absolute atomic E-state index is 1.23. The van der Waals surface area contributed by atoms with Crippen LogP contribution in [0.15, 0.2) is 84.9 Å². The van der Waals surface area contributed by atoms with Crippen molar-refractivity contribution in [1.29, 1.82) is 0 Å². The highest BCUT2D eigenvalue weighted by molar-refractivity contribution is 7.25. The van der Waals surface area contributed by atoms with Gasteiger partial charge in [-0.3, -0.25) is 0 Å². The van der Waals surface area contributed by atoms with E-state index in [1.54, 1.807) is 0 Å². The Labute approximate surface area is 150 Å². The van der Waals surface area contributed by atoms with Crippen LogP contribution < -0.4 is 0 Å². The second kappa shape index (κ2) is 5.87. The molecule has 0 aliphatic heterocycles. The van der Waals surface area contributed by atoms with Gasteiger partial charge in [-0.25, -0.2) is 0 Å². The number of hydrogen-bond acceptors (Lipinski definition) is 1. The monoisotopic (exact) mass is 336 g/mol. The predicted octanol–water partition coefficient (Wildman–Crippen LogP) is 7.38. The van der Waals surface area contributed by atoms with Gasteiger partial charge in [-0.2, -0.15) is 0 Å². The molecular weight excluding hydrogens is 320 g/mol. The van der Waals surface area contributed by atoms with Gasteiger partial charge in [0, 0.05) is 20.2 Å². The van der Waals surface area contributed by atoms with Crippen molar-refractivity contribution in [2.75, 3.05) is 0 Å². The first-order valence-electron chi connectivity index (χ1n) is 8.46. The van der Waals surface area contributed by atoms with Crippen LogP contribution in [0.25, 0.3) is 43.1 Å². The lowest BCUT2D eigenvalue weighted by Gasteiger charge is -2.01. The maximum Gasteiger partial charge on any atom is 0.0361 e. The summed E-state index contributed by atoms with van der Waals surface area (Å²) in [7, 11) is 0. The summed E-state index contributed by atoms with van der Waals surface area (Å²) in [6, 6.07) is 30.4. The Morgan fingerprint density at radius 2 is 1.40 bits per heavy atom. The predicted molar refractivity (Wildman–Crippen MR) is 112 cm³/mol. The summed E-state index contributed by atoms with van der Waals surface area (Å²) in [5.41, 5.74) is 2.51. The van der Waals surface area contributed by atoms with Crippen molar-refractivity contribution in [2.45, 2.75) is 0 Å². The van der Waals surface area contributed by atoms with Crippen molar-refractivity contribution in [3.8, 4) is 0 Å². The molecule has 1 heterocycles. The minimum Gasteiger partial charge on any atom is -0.135 e. The summed E-state index contributed by atoms with van der Waals surface area (Å²) >= 11 is 1.87. The van der Waals surface area contributed by atoms with Crippen LogP contribution in [-0.2, 0) is 0 Å². The zero-order valence-corrected chi connectivity index (χ0v) is 14.5. The van der Waals surface area contributed by atoms with Crippen molar-refractivity contribution < 1.29 is 0 Å². The molecule has 0 spiro atoms. The second-order valence-electron chi connectivity index (χ2n) is 6.26. The molecule has 5 rings (SSSR count). The SMILES string of the molecule is C(=C\c1cccc2sc3ccccc3c12)/c1ccc2ccccc2c1. The molecule has 0 atom stereocenters. The zero-order chi connectivity index (χ0) is 16.6. The van der Waals surface area contributed by atoms with Gasteiger partial charge in [0.1, 0.15) is 0 Å². The van der Waals surface area contributed by atoms with Gasteiger partial charge in [-0.15, -0.1) is 11.3 Å². The summed E-state index contributed by atoms with van der Waals surface area (Å²) in [4.78, 5) is 0. The molecule has 0 fully saturated rings. The van der Waals surface area contributed by atoms with Crippen molar-refractivity contribution >= 4 is 54.4 Å². The van der Waals surface area contributed by atoms with Crippen molar-refractivity contribution in [3.63, 3.8) is 0 Å². The molecule has 0 saturated carbocycles. The Kier molecular flexibility index (Phi) is 3.39. The summed E-state index contributed by atoms with van der Waals surface area (Å²) < 4.78 is 2.70. The lowest BCUT2D eigenvalue weighted by molar-refractivity contribution is 1.71. The molecule has 0 radical (unpaired) electrons. The van der Waals surface area contributed by atoms with E-state index in [4.69, 9.17) is 0 Å². The fourth-order valence-electron chi connectivity index (χ4n) is 3.44. The molecule has 0 N–H and O–H groups in total. The standard InChI is InChI=1S/C24H16S/c1-2-7-20-16-17(12-14-18(20)6-1)13-15-19-8-5-11-23-24(19)21-9-3-4-10-22(21)25-23/h1-16H/b15-13+. The average molecular weight is 336 g/mol. The Morgan fingerprint density at radius 3 is 2.36 bits per heavy atom. The third kappa shape index (κ3) is 2.54. The highest BCUT2D eigenvalue weighted by Crippen LogP contribution is 2.36. The van der Waals surface area contributed by atoms with Gasteiger partial charge < -0.3 is 0 Å². The average Bonchev–Trinajstić information content (AvgIpc) is 3.05. The van der Waals surface area contributed by atoms with Crippen molar-refractivity contribution in [3.05, 3.63) is 96.1 Å². The van der Waals surface area contributed by atoms with E-state index in [1.807, 2.05) is 11.3 Å². The molecule has 4 aromatic carbocycles. The van der Waals surface area contributed by atoms with Gasteiger partial charge in [0.15, 0.2) is 0 Å². The Bertz CT molecular complexity index is 1240. The number of benzene rings is 4. The number of hydrogen-bond donors (Lipinski definition) is 0. The second-order valence-corrected chi connectivity index (χ2v) is 7.34. The molecule has 5 aromatic rings. The normalized spacial score (nSPS) is 11.8. The van der Waals surface area contributed by atoms with Gasteiger partial charge in [0.25, 0.3) is 0 Å². The first-order valence-corrected chi connectivity index (χ1v) is 9.27. The molecule has 0 unspecified atom stereocenters. The van der Waals surface area contributed by atoms with E-state index in [9.17, 15) is 0 Å². The van der Waals surface area contributed by atoms with E-state index in [2.05, 4.69) is 97.1 Å². The highest BCUT2D eigenvalue weighted by atomic mass is 32.1. The van der Waals surface area contributed by atoms with E-state index in [0.29, 0.717) is 0 Å². The van der Waals surface area contributed by atoms with Gasteiger partial charge >= 0.3 is 0 Å². The smallest absolute Gasteiger partial charge is 0.0361 e. The number of fused-ring (bicyclic) bond motifs is 4. The highest BCUT2D eigenvalue weighted by Gasteiger charge is 2.06. The molecular formula is C24H16S. The minimum atomic E-state index is 1.23. The van der Waals surface area contributed by atoms with E-state index < -0.39 is 0 Å². The number of rotatable bonds is 2.